The van der Waals surface area contributed by atoms with Crippen molar-refractivity contribution in [2.45, 2.75) is 0 Å². The molecule has 0 fully saturated rings. The second-order valence-electron chi connectivity index (χ2n) is 0.0476. The molecule has 0 aromatic carbocycles. The van der Waals surface area contributed by atoms with Crippen molar-refractivity contribution >= 4 is 28.7 Å². The van der Waals surface area contributed by atoms with Gasteiger partial charge in [0.25, 0.3) is 0 Å². The second-order valence-corrected chi connectivity index (χ2v) is 1.77. The summed E-state index contributed by atoms with van der Waals surface area (Å²) in [5, 5.41) is 0. The monoisotopic (exact) mass is 144 g/mol. The Morgan fingerprint density at radius 3 is 1.25 bits per heavy atom. The molecule has 0 saturated carbocycles. The Hall–Kier alpha value is 1.15. The zero-order chi connectivity index (χ0) is 2.71. The van der Waals surface area contributed by atoms with E-state index in [0.29, 0.717) is 12.9 Å². The molecular formula is H4BCl2Co. The fourth-order valence-corrected chi connectivity index (χ4v) is 0. The van der Waals surface area contributed by atoms with Crippen LogP contribution in [0, 0.1) is 0 Å². The van der Waals surface area contributed by atoms with Gasteiger partial charge in [0.05, 0.1) is 0 Å². The van der Waals surface area contributed by atoms with Gasteiger partial charge in [-0.15, -0.1) is 0 Å². The van der Waals surface area contributed by atoms with Gasteiger partial charge in [0.2, 0.25) is 0 Å². The Kier molecular flexibility index (Phi) is 19.9. The van der Waals surface area contributed by atoms with Gasteiger partial charge in [-0.25, -0.2) is 0 Å². The summed E-state index contributed by atoms with van der Waals surface area (Å²) in [5.41, 5.74) is 0. The summed E-state index contributed by atoms with van der Waals surface area (Å²) in [6.07, 6.45) is 0. The summed E-state index contributed by atoms with van der Waals surface area (Å²) < 4.78 is 0. The zero-order valence-electron chi connectivity index (χ0n) is 1.09. The predicted octanol–water partition coefficient (Wildman–Crippen LogP) is -0.0751. The van der Waals surface area contributed by atoms with E-state index in [1.165, 1.54) is 0 Å². The van der Waals surface area contributed by atoms with Crippen LogP contribution in [-0.4, -0.2) is 8.41 Å². The van der Waals surface area contributed by atoms with Gasteiger partial charge in [-0.3, -0.25) is 0 Å². The maximum atomic E-state index is 4.73. The fraction of sp³-hybridized carbons (Fsp3) is 0. The van der Waals surface area contributed by atoms with Gasteiger partial charge in [-0.1, -0.05) is 8.41 Å². The van der Waals surface area contributed by atoms with Crippen LogP contribution in [0.15, 0.2) is 0 Å². The summed E-state index contributed by atoms with van der Waals surface area (Å²) >= 11 is 0.382. The van der Waals surface area contributed by atoms with Crippen molar-refractivity contribution in [3.8, 4) is 0 Å². The van der Waals surface area contributed by atoms with Crippen LogP contribution < -0.4 is 0 Å². The van der Waals surface area contributed by atoms with Crippen LogP contribution in [0.1, 0.15) is 0 Å². The molecule has 0 unspecified atom stereocenters. The molecule has 0 rings (SSSR count). The summed E-state index contributed by atoms with van der Waals surface area (Å²) in [5.74, 6) is 0. The van der Waals surface area contributed by atoms with Crippen LogP contribution in [0.3, 0.4) is 0 Å². The van der Waals surface area contributed by atoms with E-state index in [1.54, 1.807) is 0 Å². The standard InChI is InChI=1S/BH4.2ClH.Co/h1H4;2*1H;/q-1;;;+3/p-2. The van der Waals surface area contributed by atoms with Crippen LogP contribution in [-0.2, 0) is 12.9 Å². The molecule has 0 nitrogen and oxygen atoms in total. The van der Waals surface area contributed by atoms with Crippen LogP contribution in [0.25, 0.3) is 0 Å². The van der Waals surface area contributed by atoms with E-state index in [9.17, 15) is 0 Å². The van der Waals surface area contributed by atoms with E-state index in [-0.39, 0.29) is 8.41 Å². The van der Waals surface area contributed by atoms with E-state index in [0.717, 1.165) is 0 Å². The van der Waals surface area contributed by atoms with Gasteiger partial charge in [0.15, 0.2) is 0 Å². The summed E-state index contributed by atoms with van der Waals surface area (Å²) in [6, 6.07) is 0. The minimum atomic E-state index is 0. The third-order valence-corrected chi connectivity index (χ3v) is 0. The first kappa shape index (κ1) is 8.94. The average Bonchev–Trinajstić information content (AvgIpc) is 0.918. The fourth-order valence-electron chi connectivity index (χ4n) is 0. The molecule has 0 aliphatic heterocycles. The molecule has 0 radical (unpaired) electrons. The molecule has 4 heavy (non-hydrogen) atoms. The van der Waals surface area contributed by atoms with Gasteiger partial charge in [0.1, 0.15) is 0 Å². The van der Waals surface area contributed by atoms with E-state index >= 15 is 0 Å². The molecule has 0 aromatic heterocycles. The maximum absolute atomic E-state index is 4.73. The molecular weight excluding hydrogens is 141 g/mol. The van der Waals surface area contributed by atoms with Crippen molar-refractivity contribution in [2.75, 3.05) is 0 Å². The van der Waals surface area contributed by atoms with Crippen LogP contribution >= 0.6 is 20.3 Å². The molecule has 30 valence electrons. The van der Waals surface area contributed by atoms with E-state index in [4.69, 9.17) is 20.3 Å². The van der Waals surface area contributed by atoms with Crippen LogP contribution in [0.5, 0.6) is 0 Å². The molecule has 0 aromatic rings. The number of hydrogen-bond acceptors (Lipinski definition) is 0. The SMILES string of the molecule is [BH4-].[Cl][Co+][Cl]. The quantitative estimate of drug-likeness (QED) is 0.418. The Morgan fingerprint density at radius 1 is 1.25 bits per heavy atom. The topological polar surface area (TPSA) is 0 Å². The molecule has 0 spiro atoms. The zero-order valence-corrected chi connectivity index (χ0v) is 3.64. The first-order valence-corrected chi connectivity index (χ1v) is 3.12. The Morgan fingerprint density at radius 2 is 1.25 bits per heavy atom. The summed E-state index contributed by atoms with van der Waals surface area (Å²) in [4.78, 5) is 0. The first-order chi connectivity index (χ1) is 1.41. The number of rotatable bonds is 0. The van der Waals surface area contributed by atoms with Crippen molar-refractivity contribution in [3.05, 3.63) is 0 Å². The van der Waals surface area contributed by atoms with Crippen molar-refractivity contribution in [1.82, 2.24) is 0 Å². The third kappa shape index (κ3) is 11.0. The summed E-state index contributed by atoms with van der Waals surface area (Å²) in [7, 11) is 9.47. The normalized spacial score (nSPS) is 5.50. The van der Waals surface area contributed by atoms with Gasteiger partial charge in [-0.2, -0.15) is 0 Å². The molecule has 0 amide bonds. The molecule has 0 saturated heterocycles. The molecule has 0 heterocycles. The Balaban J connectivity index is 0. The molecule has 0 atom stereocenters. The van der Waals surface area contributed by atoms with E-state index in [2.05, 4.69) is 0 Å². The number of hydrogen-bond donors (Lipinski definition) is 0. The van der Waals surface area contributed by atoms with Crippen molar-refractivity contribution in [2.24, 2.45) is 0 Å². The van der Waals surface area contributed by atoms with Gasteiger partial charge in [-0.05, 0) is 0 Å². The van der Waals surface area contributed by atoms with Crippen molar-refractivity contribution < 1.29 is 12.9 Å². The molecule has 0 N–H and O–H groups in total. The average molecular weight is 145 g/mol. The van der Waals surface area contributed by atoms with Crippen LogP contribution in [0.2, 0.25) is 0 Å². The molecule has 0 bridgehead atoms. The van der Waals surface area contributed by atoms with E-state index < -0.39 is 0 Å². The van der Waals surface area contributed by atoms with Crippen molar-refractivity contribution in [3.63, 3.8) is 0 Å². The van der Waals surface area contributed by atoms with E-state index in [1.807, 2.05) is 0 Å². The third-order valence-electron chi connectivity index (χ3n) is 0. The first-order valence-electron chi connectivity index (χ1n) is 0.252. The van der Waals surface area contributed by atoms with Crippen molar-refractivity contribution in [1.29, 1.82) is 0 Å². The van der Waals surface area contributed by atoms with Gasteiger partial charge >= 0.3 is 33.2 Å². The van der Waals surface area contributed by atoms with Gasteiger partial charge in [0, 0.05) is 0 Å². The molecule has 0 aliphatic rings. The predicted molar refractivity (Wildman–Crippen MR) is 23.0 cm³/mol. The molecule has 0 aliphatic carbocycles. The minimum absolute atomic E-state index is 0. The summed E-state index contributed by atoms with van der Waals surface area (Å²) in [6.45, 7) is 0. The second kappa shape index (κ2) is 8.91. The Labute approximate surface area is 41.9 Å². The van der Waals surface area contributed by atoms with Crippen LogP contribution in [0.4, 0.5) is 0 Å². The molecule has 4 heteroatoms. The number of halogens is 2. The Bertz CT molecular complexity index is 6.00. The van der Waals surface area contributed by atoms with Gasteiger partial charge < -0.3 is 0 Å².